The van der Waals surface area contributed by atoms with Crippen LogP contribution in [0, 0.1) is 11.8 Å². The number of likely N-dealkylation sites (tertiary alicyclic amines) is 2. The Morgan fingerprint density at radius 1 is 0.547 bits per heavy atom. The summed E-state index contributed by atoms with van der Waals surface area (Å²) < 4.78 is 10.8. The minimum absolute atomic E-state index is 0.211. The van der Waals surface area contributed by atoms with Crippen LogP contribution in [0.2, 0.25) is 0 Å². The van der Waals surface area contributed by atoms with E-state index < -0.39 is 0 Å². The number of carbonyl (C=O) groups excluding carboxylic acids is 2. The molecule has 0 saturated carbocycles. The third-order valence-electron chi connectivity index (χ3n) is 14.3. The number of thioether (sulfide) groups is 2. The predicted molar refractivity (Wildman–Crippen MR) is 265 cm³/mol. The Kier molecular flexibility index (Phi) is 17.6. The Balaban J connectivity index is 0.000000191. The number of rotatable bonds is 12. The molecule has 0 aromatic heterocycles. The summed E-state index contributed by atoms with van der Waals surface area (Å²) in [6, 6.07) is 34.5. The average Bonchev–Trinajstić information content (AvgIpc) is 3.53. The van der Waals surface area contributed by atoms with Gasteiger partial charge in [-0.1, -0.05) is 74.5 Å². The van der Waals surface area contributed by atoms with Crippen molar-refractivity contribution < 1.29 is 19.1 Å². The van der Waals surface area contributed by atoms with Gasteiger partial charge in [-0.25, -0.2) is 0 Å². The van der Waals surface area contributed by atoms with Crippen LogP contribution in [0.5, 0.6) is 11.5 Å². The van der Waals surface area contributed by atoms with Gasteiger partial charge >= 0.3 is 0 Å². The molecule has 4 heterocycles. The minimum Gasteiger partial charge on any atom is -0.497 e. The predicted octanol–water partition coefficient (Wildman–Crippen LogP) is 10.5. The molecule has 4 aliphatic heterocycles. The summed E-state index contributed by atoms with van der Waals surface area (Å²) in [6.45, 7) is 16.3. The van der Waals surface area contributed by atoms with E-state index in [4.69, 9.17) is 9.47 Å². The first-order chi connectivity index (χ1) is 31.1. The molecule has 0 aliphatic carbocycles. The van der Waals surface area contributed by atoms with Gasteiger partial charge in [0.1, 0.15) is 11.5 Å². The van der Waals surface area contributed by atoms with E-state index in [9.17, 15) is 9.59 Å². The quantitative estimate of drug-likeness (QED) is 0.139. The van der Waals surface area contributed by atoms with Crippen molar-refractivity contribution in [2.45, 2.75) is 125 Å². The van der Waals surface area contributed by atoms with E-state index in [2.05, 4.69) is 132 Å². The highest BCUT2D eigenvalue weighted by molar-refractivity contribution is 8.00. The minimum atomic E-state index is 0.211. The summed E-state index contributed by atoms with van der Waals surface area (Å²) in [4.78, 5) is 38.2. The van der Waals surface area contributed by atoms with Gasteiger partial charge in [0, 0.05) is 71.4 Å². The summed E-state index contributed by atoms with van der Waals surface area (Å²) in [6.07, 6.45) is 8.46. The Hall–Kier alpha value is -3.96. The van der Waals surface area contributed by atoms with E-state index in [1.807, 2.05) is 35.7 Å². The highest BCUT2D eigenvalue weighted by Gasteiger charge is 2.32. The molecule has 64 heavy (non-hydrogen) atoms. The van der Waals surface area contributed by atoms with Crippen LogP contribution >= 0.6 is 23.5 Å². The second kappa shape index (κ2) is 23.5. The number of amides is 2. The molecule has 4 aromatic rings. The Labute approximate surface area is 392 Å². The molecule has 2 saturated heterocycles. The van der Waals surface area contributed by atoms with Crippen molar-refractivity contribution in [3.63, 3.8) is 0 Å². The lowest BCUT2D eigenvalue weighted by molar-refractivity contribution is -0.135. The SMILES string of the molecule is COc1ccc2c(c1)CN(C(=O)CCN1CCC(Cc3ccccc3)CC1)[C@@H](C)[C@H](C)S2.COc1ccc2c(c1)CN(C(=O)CCN1CCC(Cc3ccccc3)CC1)[C@H](C)[C@@H](C)S2. The van der Waals surface area contributed by atoms with Crippen molar-refractivity contribution in [1.82, 2.24) is 19.6 Å². The van der Waals surface area contributed by atoms with Gasteiger partial charge in [0.25, 0.3) is 0 Å². The van der Waals surface area contributed by atoms with Gasteiger partial charge in [-0.2, -0.15) is 0 Å². The van der Waals surface area contributed by atoms with Crippen LogP contribution in [0.15, 0.2) is 107 Å². The Morgan fingerprint density at radius 3 is 1.28 bits per heavy atom. The summed E-state index contributed by atoms with van der Waals surface area (Å²) in [5.74, 6) is 3.78. The van der Waals surface area contributed by atoms with Gasteiger partial charge < -0.3 is 29.1 Å². The normalized spacial score (nSPS) is 22.3. The van der Waals surface area contributed by atoms with Crippen LogP contribution in [0.4, 0.5) is 0 Å². The molecule has 0 bridgehead atoms. The molecular weight excluding hydrogens is 833 g/mol. The lowest BCUT2D eigenvalue weighted by Crippen LogP contribution is -2.43. The number of piperidine rings is 2. The number of methoxy groups -OCH3 is 2. The van der Waals surface area contributed by atoms with E-state index >= 15 is 0 Å². The standard InChI is InChI=1S/2C27H36N2O2S/c2*1-20-21(2)32-26-10-9-25(31-3)18-24(26)19-29(20)27(30)13-16-28-14-11-23(12-15-28)17-22-7-5-4-6-8-22/h2*4-10,18,20-21,23H,11-17,19H2,1-3H3/t2*20-,21-/m10/s1. The zero-order chi connectivity index (χ0) is 45.0. The Morgan fingerprint density at radius 2 is 0.922 bits per heavy atom. The van der Waals surface area contributed by atoms with Crippen LogP contribution in [0.25, 0.3) is 0 Å². The van der Waals surface area contributed by atoms with Gasteiger partial charge in [0.05, 0.1) is 14.2 Å². The van der Waals surface area contributed by atoms with Crippen LogP contribution < -0.4 is 9.47 Å². The largest absolute Gasteiger partial charge is 0.497 e. The third-order valence-corrected chi connectivity index (χ3v) is 17.1. The van der Waals surface area contributed by atoms with E-state index in [-0.39, 0.29) is 23.9 Å². The number of ether oxygens (including phenoxy) is 2. The maximum Gasteiger partial charge on any atom is 0.224 e. The van der Waals surface area contributed by atoms with Gasteiger partial charge in [0.2, 0.25) is 11.8 Å². The van der Waals surface area contributed by atoms with Crippen molar-refractivity contribution in [1.29, 1.82) is 0 Å². The molecule has 4 atom stereocenters. The molecule has 10 heteroatoms. The molecular formula is C54H72N4O4S2. The first kappa shape index (κ1) is 48.0. The van der Waals surface area contributed by atoms with Crippen molar-refractivity contribution in [3.05, 3.63) is 119 Å². The number of hydrogen-bond acceptors (Lipinski definition) is 8. The highest BCUT2D eigenvalue weighted by atomic mass is 32.2. The van der Waals surface area contributed by atoms with Crippen molar-refractivity contribution in [2.75, 3.05) is 53.5 Å². The van der Waals surface area contributed by atoms with E-state index in [0.29, 0.717) is 36.4 Å². The maximum atomic E-state index is 13.3. The highest BCUT2D eigenvalue weighted by Crippen LogP contribution is 2.38. The summed E-state index contributed by atoms with van der Waals surface area (Å²) in [7, 11) is 3.39. The monoisotopic (exact) mass is 904 g/mol. The molecule has 8 rings (SSSR count). The smallest absolute Gasteiger partial charge is 0.224 e. The molecule has 4 aromatic carbocycles. The van der Waals surface area contributed by atoms with Crippen LogP contribution in [0.3, 0.4) is 0 Å². The fourth-order valence-corrected chi connectivity index (χ4v) is 12.1. The van der Waals surface area contributed by atoms with Crippen molar-refractivity contribution in [2.24, 2.45) is 11.8 Å². The first-order valence-electron chi connectivity index (χ1n) is 23.9. The molecule has 0 radical (unpaired) electrons. The van der Waals surface area contributed by atoms with E-state index in [1.54, 1.807) is 14.2 Å². The molecule has 8 nitrogen and oxygen atoms in total. The van der Waals surface area contributed by atoms with Gasteiger partial charge in [0.15, 0.2) is 0 Å². The number of fused-ring (bicyclic) bond motifs is 2. The van der Waals surface area contributed by atoms with Crippen molar-refractivity contribution in [3.8, 4) is 11.5 Å². The topological polar surface area (TPSA) is 65.6 Å². The maximum absolute atomic E-state index is 13.3. The zero-order valence-electron chi connectivity index (χ0n) is 39.3. The Bertz CT molecular complexity index is 1940. The molecule has 2 amide bonds. The van der Waals surface area contributed by atoms with E-state index in [1.165, 1.54) is 70.6 Å². The fraction of sp³-hybridized carbons (Fsp3) is 0.519. The number of benzene rings is 4. The van der Waals surface area contributed by atoms with Gasteiger partial charge in [-0.3, -0.25) is 9.59 Å². The molecule has 0 spiro atoms. The second-order valence-electron chi connectivity index (χ2n) is 18.6. The number of carbonyl (C=O) groups is 2. The summed E-state index contributed by atoms with van der Waals surface area (Å²) >= 11 is 3.74. The van der Waals surface area contributed by atoms with Gasteiger partial charge in [-0.15, -0.1) is 23.5 Å². The van der Waals surface area contributed by atoms with Crippen LogP contribution in [0.1, 0.15) is 88.5 Å². The van der Waals surface area contributed by atoms with Crippen LogP contribution in [-0.4, -0.2) is 107 Å². The van der Waals surface area contributed by atoms with Crippen LogP contribution in [-0.2, 0) is 35.5 Å². The lowest BCUT2D eigenvalue weighted by Gasteiger charge is -2.34. The van der Waals surface area contributed by atoms with Crippen molar-refractivity contribution >= 4 is 35.3 Å². The molecule has 0 N–H and O–H groups in total. The molecule has 0 unspecified atom stereocenters. The number of nitrogens with zero attached hydrogens (tertiary/aromatic N) is 4. The van der Waals surface area contributed by atoms with E-state index in [0.717, 1.165) is 62.6 Å². The third kappa shape index (κ3) is 13.1. The summed E-state index contributed by atoms with van der Waals surface area (Å²) in [5.41, 5.74) is 5.28. The zero-order valence-corrected chi connectivity index (χ0v) is 40.9. The molecule has 344 valence electrons. The number of hydrogen-bond donors (Lipinski definition) is 0. The lowest BCUT2D eigenvalue weighted by atomic mass is 9.90. The average molecular weight is 905 g/mol. The van der Waals surface area contributed by atoms with Gasteiger partial charge in [-0.05, 0) is 149 Å². The first-order valence-corrected chi connectivity index (χ1v) is 25.6. The fourth-order valence-electron chi connectivity index (χ4n) is 9.75. The molecule has 4 aliphatic rings. The molecule has 2 fully saturated rings. The second-order valence-corrected chi connectivity index (χ2v) is 21.4. The summed E-state index contributed by atoms with van der Waals surface area (Å²) in [5, 5.41) is 0.727.